The fourth-order valence-electron chi connectivity index (χ4n) is 2.76. The van der Waals surface area contributed by atoms with Crippen LogP contribution in [0.1, 0.15) is 21.7 Å². The Hall–Kier alpha value is -2.33. The first kappa shape index (κ1) is 22.4. The fourth-order valence-corrected chi connectivity index (χ4v) is 4.90. The Kier molecular flexibility index (Phi) is 6.28. The van der Waals surface area contributed by atoms with Crippen molar-refractivity contribution in [3.63, 3.8) is 0 Å². The number of hydrogen-bond acceptors (Lipinski definition) is 6. The molecule has 1 aromatic heterocycles. The number of amides is 1. The highest BCUT2D eigenvalue weighted by atomic mass is 35.5. The molecule has 158 valence electrons. The lowest BCUT2D eigenvalue weighted by atomic mass is 10.2. The highest BCUT2D eigenvalue weighted by Gasteiger charge is 2.26. The van der Waals surface area contributed by atoms with Crippen LogP contribution < -0.4 is 9.46 Å². The summed E-state index contributed by atoms with van der Waals surface area (Å²) in [5.74, 6) is -0.706. The predicted octanol–water partition coefficient (Wildman–Crippen LogP) is 3.97. The minimum absolute atomic E-state index is 0.0694. The van der Waals surface area contributed by atoms with Crippen molar-refractivity contribution in [1.82, 2.24) is 19.7 Å². The Bertz CT molecular complexity index is 1240. The number of hydrogen-bond donors (Lipinski definition) is 1. The molecule has 0 spiro atoms. The second kappa shape index (κ2) is 8.43. The SMILES string of the molecule is COc1ccc(Cl)c(S(=O)(=O)NC(=O)c2nnn(-c3c(C)cc(Cl)cc3Cl)c2C)c1. The van der Waals surface area contributed by atoms with Crippen LogP contribution in [0.4, 0.5) is 0 Å². The maximum absolute atomic E-state index is 12.7. The van der Waals surface area contributed by atoms with E-state index < -0.39 is 15.9 Å². The summed E-state index contributed by atoms with van der Waals surface area (Å²) in [5, 5.41) is 8.44. The summed E-state index contributed by atoms with van der Waals surface area (Å²) in [5.41, 5.74) is 1.27. The number of carbonyl (C=O) groups is 1. The molecule has 0 aliphatic rings. The Balaban J connectivity index is 1.96. The van der Waals surface area contributed by atoms with E-state index in [-0.39, 0.29) is 27.1 Å². The van der Waals surface area contributed by atoms with Crippen LogP contribution in [-0.4, -0.2) is 36.4 Å². The van der Waals surface area contributed by atoms with E-state index in [0.29, 0.717) is 21.3 Å². The normalized spacial score (nSPS) is 11.4. The fraction of sp³-hybridized carbons (Fsp3) is 0.167. The lowest BCUT2D eigenvalue weighted by Gasteiger charge is -2.11. The molecule has 3 rings (SSSR count). The smallest absolute Gasteiger partial charge is 0.287 e. The van der Waals surface area contributed by atoms with Crippen LogP contribution in [0.2, 0.25) is 15.1 Å². The van der Waals surface area contributed by atoms with Gasteiger partial charge in [-0.2, -0.15) is 0 Å². The van der Waals surface area contributed by atoms with Crippen molar-refractivity contribution in [3.05, 3.63) is 62.4 Å². The molecule has 0 bridgehead atoms. The molecule has 0 saturated heterocycles. The van der Waals surface area contributed by atoms with Gasteiger partial charge in [-0.15, -0.1) is 5.10 Å². The van der Waals surface area contributed by atoms with Gasteiger partial charge in [-0.25, -0.2) is 17.8 Å². The van der Waals surface area contributed by atoms with Crippen molar-refractivity contribution >= 4 is 50.7 Å². The average Bonchev–Trinajstić information content (AvgIpc) is 3.02. The molecule has 0 saturated carbocycles. The summed E-state index contributed by atoms with van der Waals surface area (Å²) >= 11 is 18.2. The van der Waals surface area contributed by atoms with Crippen molar-refractivity contribution in [2.24, 2.45) is 0 Å². The van der Waals surface area contributed by atoms with Crippen molar-refractivity contribution in [1.29, 1.82) is 0 Å². The molecule has 2 aromatic carbocycles. The zero-order valence-electron chi connectivity index (χ0n) is 15.9. The predicted molar refractivity (Wildman–Crippen MR) is 114 cm³/mol. The number of nitrogens with zero attached hydrogens (tertiary/aromatic N) is 3. The molecule has 1 N–H and O–H groups in total. The standard InChI is InChI=1S/C18H15Cl3N4O4S/c1-9-6-11(19)7-14(21)17(9)25-10(2)16(22-24-25)18(26)23-30(27,28)15-8-12(29-3)4-5-13(15)20/h4-8H,1-3H3,(H,23,26). The Morgan fingerprint density at radius 1 is 1.10 bits per heavy atom. The monoisotopic (exact) mass is 488 g/mol. The van der Waals surface area contributed by atoms with Gasteiger partial charge >= 0.3 is 0 Å². The summed E-state index contributed by atoms with van der Waals surface area (Å²) < 4.78 is 33.7. The summed E-state index contributed by atoms with van der Waals surface area (Å²) in [6.45, 7) is 3.33. The van der Waals surface area contributed by atoms with Gasteiger partial charge in [0.1, 0.15) is 10.6 Å². The molecule has 0 aliphatic heterocycles. The number of aromatic nitrogens is 3. The van der Waals surface area contributed by atoms with E-state index in [4.69, 9.17) is 39.5 Å². The third-order valence-corrected chi connectivity index (χ3v) is 6.51. The van der Waals surface area contributed by atoms with E-state index in [1.54, 1.807) is 19.9 Å². The number of methoxy groups -OCH3 is 1. The van der Waals surface area contributed by atoms with Gasteiger partial charge < -0.3 is 4.74 Å². The zero-order valence-corrected chi connectivity index (χ0v) is 19.0. The summed E-state index contributed by atoms with van der Waals surface area (Å²) in [6.07, 6.45) is 0. The first-order chi connectivity index (χ1) is 14.0. The third kappa shape index (κ3) is 4.24. The second-order valence-corrected chi connectivity index (χ2v) is 9.12. The van der Waals surface area contributed by atoms with Crippen LogP contribution in [0.3, 0.4) is 0 Å². The van der Waals surface area contributed by atoms with Gasteiger partial charge in [0.15, 0.2) is 5.69 Å². The molecule has 0 unspecified atom stereocenters. The lowest BCUT2D eigenvalue weighted by Crippen LogP contribution is -2.31. The van der Waals surface area contributed by atoms with Gasteiger partial charge in [0.25, 0.3) is 15.9 Å². The Morgan fingerprint density at radius 2 is 1.80 bits per heavy atom. The number of aryl methyl sites for hydroxylation is 1. The lowest BCUT2D eigenvalue weighted by molar-refractivity contribution is 0.0976. The minimum Gasteiger partial charge on any atom is -0.497 e. The van der Waals surface area contributed by atoms with E-state index in [0.717, 1.165) is 0 Å². The van der Waals surface area contributed by atoms with Gasteiger partial charge in [-0.3, -0.25) is 4.79 Å². The number of rotatable bonds is 5. The maximum Gasteiger partial charge on any atom is 0.287 e. The number of sulfonamides is 1. The molecular weight excluding hydrogens is 475 g/mol. The van der Waals surface area contributed by atoms with Crippen LogP contribution in [0, 0.1) is 13.8 Å². The number of benzene rings is 2. The second-order valence-electron chi connectivity index (χ2n) is 6.22. The van der Waals surface area contributed by atoms with Crippen LogP contribution in [0.5, 0.6) is 5.75 Å². The molecule has 1 amide bonds. The van der Waals surface area contributed by atoms with Crippen molar-refractivity contribution < 1.29 is 17.9 Å². The topological polar surface area (TPSA) is 103 Å². The minimum atomic E-state index is -4.30. The first-order valence-electron chi connectivity index (χ1n) is 8.34. The molecule has 0 aliphatic carbocycles. The Morgan fingerprint density at radius 3 is 2.43 bits per heavy atom. The summed E-state index contributed by atoms with van der Waals surface area (Å²) in [6, 6.07) is 7.27. The summed E-state index contributed by atoms with van der Waals surface area (Å²) in [4.78, 5) is 12.3. The maximum atomic E-state index is 12.7. The summed E-state index contributed by atoms with van der Waals surface area (Å²) in [7, 11) is -2.92. The van der Waals surface area contributed by atoms with Gasteiger partial charge in [0.2, 0.25) is 0 Å². The molecule has 8 nitrogen and oxygen atoms in total. The largest absolute Gasteiger partial charge is 0.497 e. The Labute approximate surface area is 187 Å². The van der Waals surface area contributed by atoms with E-state index in [9.17, 15) is 13.2 Å². The number of halogens is 3. The van der Waals surface area contributed by atoms with Gasteiger partial charge in [0.05, 0.1) is 28.5 Å². The molecule has 3 aromatic rings. The van der Waals surface area contributed by atoms with E-state index in [1.807, 2.05) is 4.72 Å². The third-order valence-electron chi connectivity index (χ3n) is 4.20. The molecule has 1 heterocycles. The average molecular weight is 490 g/mol. The van der Waals surface area contributed by atoms with Gasteiger partial charge in [-0.1, -0.05) is 40.0 Å². The van der Waals surface area contributed by atoms with Gasteiger partial charge in [-0.05, 0) is 43.7 Å². The quantitative estimate of drug-likeness (QED) is 0.582. The number of nitrogens with one attached hydrogen (secondary N) is 1. The van der Waals surface area contributed by atoms with E-state index in [1.165, 1.54) is 36.1 Å². The van der Waals surface area contributed by atoms with Crippen molar-refractivity contribution in [2.75, 3.05) is 7.11 Å². The molecule has 0 radical (unpaired) electrons. The number of carbonyl (C=O) groups excluding carboxylic acids is 1. The molecule has 0 fully saturated rings. The molecular formula is C18H15Cl3N4O4S. The van der Waals surface area contributed by atoms with Crippen LogP contribution in [0.25, 0.3) is 5.69 Å². The molecule has 30 heavy (non-hydrogen) atoms. The van der Waals surface area contributed by atoms with Crippen LogP contribution >= 0.6 is 34.8 Å². The van der Waals surface area contributed by atoms with Crippen molar-refractivity contribution in [2.45, 2.75) is 18.7 Å². The molecule has 0 atom stereocenters. The van der Waals surface area contributed by atoms with Crippen molar-refractivity contribution in [3.8, 4) is 11.4 Å². The number of ether oxygens (including phenoxy) is 1. The highest BCUT2D eigenvalue weighted by Crippen LogP contribution is 2.29. The van der Waals surface area contributed by atoms with E-state index in [2.05, 4.69) is 10.3 Å². The highest BCUT2D eigenvalue weighted by molar-refractivity contribution is 7.90. The molecule has 12 heteroatoms. The van der Waals surface area contributed by atoms with Gasteiger partial charge in [0, 0.05) is 11.1 Å². The van der Waals surface area contributed by atoms with Crippen LogP contribution in [0.15, 0.2) is 35.2 Å². The van der Waals surface area contributed by atoms with E-state index >= 15 is 0 Å². The first-order valence-corrected chi connectivity index (χ1v) is 11.0. The van der Waals surface area contributed by atoms with Crippen LogP contribution in [-0.2, 0) is 10.0 Å². The zero-order chi connectivity index (χ0) is 22.2.